The summed E-state index contributed by atoms with van der Waals surface area (Å²) >= 11 is 1.47. The summed E-state index contributed by atoms with van der Waals surface area (Å²) in [4.78, 5) is 26.1. The Morgan fingerprint density at radius 2 is 1.82 bits per heavy atom. The second-order valence-corrected chi connectivity index (χ2v) is 8.59. The summed E-state index contributed by atoms with van der Waals surface area (Å²) in [6.07, 6.45) is 6.46. The van der Waals surface area contributed by atoms with Gasteiger partial charge in [0, 0.05) is 30.8 Å². The van der Waals surface area contributed by atoms with E-state index in [0.29, 0.717) is 19.4 Å². The molecule has 186 valence electrons. The zero-order valence-corrected chi connectivity index (χ0v) is 21.1. The number of aliphatic imine (C=N–C) groups is 1. The summed E-state index contributed by atoms with van der Waals surface area (Å²) in [7, 11) is 1.73. The van der Waals surface area contributed by atoms with Crippen LogP contribution in [-0.2, 0) is 16.0 Å². The summed E-state index contributed by atoms with van der Waals surface area (Å²) in [6.45, 7) is 13.8. The smallest absolute Gasteiger partial charge is 0.217 e. The van der Waals surface area contributed by atoms with Crippen molar-refractivity contribution in [2.45, 2.75) is 45.1 Å². The monoisotopic (exact) mass is 486 g/mol. The molecule has 0 aromatic heterocycles. The molecule has 1 aromatic rings. The van der Waals surface area contributed by atoms with E-state index in [1.54, 1.807) is 12.6 Å². The molecule has 34 heavy (non-hydrogen) atoms. The first-order valence-corrected chi connectivity index (χ1v) is 11.8. The average molecular weight is 487 g/mol. The second kappa shape index (κ2) is 18.3. The summed E-state index contributed by atoms with van der Waals surface area (Å²) in [5, 5.41) is 0. The van der Waals surface area contributed by atoms with Gasteiger partial charge in [-0.1, -0.05) is 61.4 Å². The fourth-order valence-corrected chi connectivity index (χ4v) is 2.85. The highest BCUT2D eigenvalue weighted by atomic mass is 32.2. The first-order chi connectivity index (χ1) is 16.0. The maximum absolute atomic E-state index is 10.7. The Balaban J connectivity index is 0.000000722. The number of carbonyl (C=O) groups is 2. The van der Waals surface area contributed by atoms with Gasteiger partial charge in [0.15, 0.2) is 0 Å². The summed E-state index contributed by atoms with van der Waals surface area (Å²) in [5.74, 6) is 0.0748. The molecular formula is C26H38N4O3S. The van der Waals surface area contributed by atoms with Gasteiger partial charge in [0.25, 0.3) is 0 Å². The first kappa shape index (κ1) is 30.9. The van der Waals surface area contributed by atoms with Crippen molar-refractivity contribution in [2.24, 2.45) is 22.2 Å². The van der Waals surface area contributed by atoms with Crippen LogP contribution in [0.5, 0.6) is 5.75 Å². The number of benzene rings is 1. The van der Waals surface area contributed by atoms with Gasteiger partial charge in [0.1, 0.15) is 12.4 Å². The Morgan fingerprint density at radius 1 is 1.15 bits per heavy atom. The van der Waals surface area contributed by atoms with Gasteiger partial charge in [-0.05, 0) is 49.5 Å². The number of nitrogens with two attached hydrogens (primary N) is 3. The molecule has 0 radical (unpaired) electrons. The van der Waals surface area contributed by atoms with Crippen molar-refractivity contribution in [3.8, 4) is 5.75 Å². The van der Waals surface area contributed by atoms with Crippen molar-refractivity contribution in [1.29, 1.82) is 0 Å². The highest BCUT2D eigenvalue weighted by Crippen LogP contribution is 2.19. The summed E-state index contributed by atoms with van der Waals surface area (Å²) in [5.41, 5.74) is 20.7. The number of allylic oxidation sites excluding steroid dienone is 4. The van der Waals surface area contributed by atoms with E-state index in [4.69, 9.17) is 21.9 Å². The minimum absolute atomic E-state index is 0.226. The van der Waals surface area contributed by atoms with Gasteiger partial charge in [-0.3, -0.25) is 14.6 Å². The van der Waals surface area contributed by atoms with E-state index >= 15 is 0 Å². The van der Waals surface area contributed by atoms with Gasteiger partial charge in [-0.2, -0.15) is 0 Å². The zero-order chi connectivity index (χ0) is 25.9. The van der Waals surface area contributed by atoms with Crippen LogP contribution < -0.4 is 21.9 Å². The molecule has 1 unspecified atom stereocenters. The van der Waals surface area contributed by atoms with Crippen LogP contribution in [0, 0.1) is 0 Å². The molecule has 0 aliphatic rings. The Labute approximate surface area is 207 Å². The van der Waals surface area contributed by atoms with E-state index in [-0.39, 0.29) is 24.3 Å². The zero-order valence-electron chi connectivity index (χ0n) is 20.3. The molecule has 0 aliphatic carbocycles. The number of hydrogen-bond acceptors (Lipinski definition) is 6. The van der Waals surface area contributed by atoms with Crippen LogP contribution in [0.1, 0.15) is 38.2 Å². The number of primary amides is 2. The van der Waals surface area contributed by atoms with Gasteiger partial charge >= 0.3 is 0 Å². The molecule has 1 aromatic carbocycles. The van der Waals surface area contributed by atoms with Gasteiger partial charge in [0.05, 0.1) is 5.55 Å². The fraction of sp³-hybridized carbons (Fsp3) is 0.346. The number of amides is 2. The summed E-state index contributed by atoms with van der Waals surface area (Å²) in [6, 6.07) is 7.40. The van der Waals surface area contributed by atoms with Crippen LogP contribution in [0.25, 0.3) is 0 Å². The van der Waals surface area contributed by atoms with Gasteiger partial charge in [-0.25, -0.2) is 0 Å². The number of ether oxygens (including phenoxy) is 1. The number of carbonyl (C=O) groups excluding carboxylic acids is 2. The Kier molecular flexibility index (Phi) is 16.7. The number of hydrogen-bond donors (Lipinski definition) is 3. The normalized spacial score (nSPS) is 11.5. The maximum atomic E-state index is 10.7. The van der Waals surface area contributed by atoms with E-state index in [9.17, 15) is 9.59 Å². The van der Waals surface area contributed by atoms with Crippen molar-refractivity contribution < 1.29 is 14.3 Å². The van der Waals surface area contributed by atoms with Crippen LogP contribution in [0.2, 0.25) is 0 Å². The molecular weight excluding hydrogens is 448 g/mol. The molecule has 6 N–H and O–H groups in total. The highest BCUT2D eigenvalue weighted by molar-refractivity contribution is 8.15. The number of thioether (sulfide) groups is 1. The van der Waals surface area contributed by atoms with Crippen LogP contribution in [0.15, 0.2) is 77.2 Å². The standard InChI is InChI=1S/C15H23N3O3.C11H15NS/c16-12(7-8-15(18)20)10-21-13-5-1-3-11(9-13)4-2-6-14(17)19;1-9(2)6-7-10(3)11(4)13-8-12-5/h1,3,5,9,12H,2,4,6-8,10,16H2,(H2,17,19)(H2,18,20);6-8H,1,3-4H2,2,5H3/b;7-6-,12-8?. The van der Waals surface area contributed by atoms with Crippen molar-refractivity contribution in [1.82, 2.24) is 0 Å². The topological polar surface area (TPSA) is 134 Å². The van der Waals surface area contributed by atoms with Crippen LogP contribution in [0.4, 0.5) is 0 Å². The molecule has 0 aliphatic heterocycles. The quantitative estimate of drug-likeness (QED) is 0.195. The van der Waals surface area contributed by atoms with Gasteiger partial charge in [-0.15, -0.1) is 0 Å². The molecule has 0 fully saturated rings. The van der Waals surface area contributed by atoms with Crippen LogP contribution in [-0.4, -0.2) is 37.1 Å². The van der Waals surface area contributed by atoms with Gasteiger partial charge < -0.3 is 21.9 Å². The molecule has 0 heterocycles. The van der Waals surface area contributed by atoms with E-state index in [1.807, 2.05) is 43.3 Å². The lowest BCUT2D eigenvalue weighted by Crippen LogP contribution is -2.29. The van der Waals surface area contributed by atoms with E-state index in [1.165, 1.54) is 11.8 Å². The molecule has 2 amide bonds. The Bertz CT molecular complexity index is 894. The fourth-order valence-electron chi connectivity index (χ4n) is 2.40. The molecule has 0 saturated carbocycles. The summed E-state index contributed by atoms with van der Waals surface area (Å²) < 4.78 is 5.60. The van der Waals surface area contributed by atoms with Crippen molar-refractivity contribution in [3.05, 3.63) is 77.8 Å². The van der Waals surface area contributed by atoms with E-state index in [0.717, 1.165) is 40.2 Å². The predicted octanol–water partition coefficient (Wildman–Crippen LogP) is 4.05. The van der Waals surface area contributed by atoms with Crippen molar-refractivity contribution in [2.75, 3.05) is 13.7 Å². The van der Waals surface area contributed by atoms with Crippen LogP contribution in [0.3, 0.4) is 0 Å². The third-order valence-corrected chi connectivity index (χ3v) is 5.10. The molecule has 1 rings (SSSR count). The molecule has 0 saturated heterocycles. The largest absolute Gasteiger partial charge is 0.492 e. The van der Waals surface area contributed by atoms with E-state index in [2.05, 4.69) is 24.7 Å². The maximum Gasteiger partial charge on any atom is 0.217 e. The molecule has 0 spiro atoms. The van der Waals surface area contributed by atoms with Crippen molar-refractivity contribution >= 4 is 29.1 Å². The lowest BCUT2D eigenvalue weighted by atomic mass is 10.1. The highest BCUT2D eigenvalue weighted by Gasteiger charge is 2.06. The number of rotatable bonds is 15. The third kappa shape index (κ3) is 17.5. The van der Waals surface area contributed by atoms with Crippen molar-refractivity contribution in [3.63, 3.8) is 0 Å². The Morgan fingerprint density at radius 3 is 2.41 bits per heavy atom. The third-order valence-electron chi connectivity index (χ3n) is 4.24. The van der Waals surface area contributed by atoms with E-state index < -0.39 is 0 Å². The first-order valence-electron chi connectivity index (χ1n) is 10.9. The van der Waals surface area contributed by atoms with Gasteiger partial charge in [0.2, 0.25) is 11.8 Å². The minimum atomic E-state index is -0.359. The van der Waals surface area contributed by atoms with Crippen LogP contribution >= 0.6 is 11.8 Å². The molecule has 1 atom stereocenters. The minimum Gasteiger partial charge on any atom is -0.492 e. The lowest BCUT2D eigenvalue weighted by Gasteiger charge is -2.13. The molecule has 0 bridgehead atoms. The number of nitrogens with zero attached hydrogens (tertiary/aromatic N) is 1. The SMILES string of the molecule is C=C(C)/C=C\C(=C)C(=C)SC=NC.NC(=O)CCCc1cccc(OCC(N)CCC(N)=O)c1. The predicted molar refractivity (Wildman–Crippen MR) is 145 cm³/mol. The Hall–Kier alpha value is -3.10. The number of aryl methyl sites for hydroxylation is 1. The molecule has 7 nitrogen and oxygen atoms in total. The second-order valence-electron chi connectivity index (χ2n) is 7.65. The lowest BCUT2D eigenvalue weighted by molar-refractivity contribution is -0.119. The molecule has 8 heteroatoms. The average Bonchev–Trinajstić information content (AvgIpc) is 2.78.